The average molecular weight is 355 g/mol. The van der Waals surface area contributed by atoms with Crippen LogP contribution in [-0.2, 0) is 4.74 Å². The highest BCUT2D eigenvalue weighted by Crippen LogP contribution is 2.22. The minimum atomic E-state index is -0.278. The Morgan fingerprint density at radius 1 is 1.62 bits per heavy atom. The monoisotopic (exact) mass is 354 g/mol. The topological polar surface area (TPSA) is 26.3 Å². The van der Waals surface area contributed by atoms with Crippen molar-refractivity contribution in [1.82, 2.24) is 0 Å². The second-order valence-corrected chi connectivity index (χ2v) is 4.33. The number of carbonyl (C=O) groups is 1. The molecule has 0 fully saturated rings. The van der Waals surface area contributed by atoms with Crippen LogP contribution < -0.4 is 0 Å². The van der Waals surface area contributed by atoms with E-state index in [1.54, 1.807) is 6.92 Å². The third-order valence-corrected chi connectivity index (χ3v) is 3.00. The molecule has 0 heterocycles. The van der Waals surface area contributed by atoms with E-state index in [1.807, 2.05) is 18.2 Å². The third kappa shape index (κ3) is 2.67. The summed E-state index contributed by atoms with van der Waals surface area (Å²) in [6, 6.07) is 5.58. The predicted octanol–water partition coefficient (Wildman–Crippen LogP) is 3.23. The largest absolute Gasteiger partial charge is 0.462 e. The molecule has 1 aromatic rings. The molecule has 0 spiro atoms. The Labute approximate surface area is 98.9 Å². The smallest absolute Gasteiger partial charge is 0.340 e. The number of esters is 1. The molecule has 1 rings (SSSR count). The summed E-state index contributed by atoms with van der Waals surface area (Å²) in [4.78, 5) is 11.4. The van der Waals surface area contributed by atoms with Crippen LogP contribution in [0.5, 0.6) is 0 Å². The fourth-order valence-electron chi connectivity index (χ4n) is 0.896. The molecule has 0 bridgehead atoms. The van der Waals surface area contributed by atoms with Gasteiger partial charge in [0.1, 0.15) is 0 Å². The molecule has 0 aromatic heterocycles. The zero-order valence-corrected chi connectivity index (χ0v) is 10.8. The summed E-state index contributed by atoms with van der Waals surface area (Å²) in [6.45, 7) is 2.19. The molecule has 0 saturated heterocycles. The fraction of sp³-hybridized carbons (Fsp3) is 0.222. The molecule has 2 nitrogen and oxygen atoms in total. The van der Waals surface area contributed by atoms with E-state index in [0.717, 1.165) is 8.04 Å². The quantitative estimate of drug-likeness (QED) is 0.602. The van der Waals surface area contributed by atoms with Crippen LogP contribution in [0.2, 0.25) is 0 Å². The Kier molecular flexibility index (Phi) is 4.18. The summed E-state index contributed by atoms with van der Waals surface area (Å²) in [5.74, 6) is -0.278. The number of ether oxygens (including phenoxy) is 1. The molecule has 4 heteroatoms. The van der Waals surface area contributed by atoms with Crippen molar-refractivity contribution in [2.45, 2.75) is 6.92 Å². The summed E-state index contributed by atoms with van der Waals surface area (Å²) in [5.41, 5.74) is 0.602. The van der Waals surface area contributed by atoms with Crippen LogP contribution in [0, 0.1) is 3.57 Å². The predicted molar refractivity (Wildman–Crippen MR) is 62.8 cm³/mol. The van der Waals surface area contributed by atoms with E-state index in [-0.39, 0.29) is 5.97 Å². The summed E-state index contributed by atoms with van der Waals surface area (Å²) in [7, 11) is 0. The van der Waals surface area contributed by atoms with E-state index in [1.165, 1.54) is 0 Å². The fourth-order valence-corrected chi connectivity index (χ4v) is 2.51. The van der Waals surface area contributed by atoms with Gasteiger partial charge >= 0.3 is 5.97 Å². The lowest BCUT2D eigenvalue weighted by Crippen LogP contribution is -2.07. The van der Waals surface area contributed by atoms with Gasteiger partial charge in [0.05, 0.1) is 12.2 Å². The minimum Gasteiger partial charge on any atom is -0.462 e. The van der Waals surface area contributed by atoms with Gasteiger partial charge in [-0.2, -0.15) is 0 Å². The Bertz CT molecular complexity index is 305. The molecule has 1 aromatic carbocycles. The Morgan fingerprint density at radius 2 is 2.31 bits per heavy atom. The van der Waals surface area contributed by atoms with Gasteiger partial charge in [-0.3, -0.25) is 0 Å². The Morgan fingerprint density at radius 3 is 2.85 bits per heavy atom. The Hall–Kier alpha value is -0.100. The zero-order valence-electron chi connectivity index (χ0n) is 7.01. The summed E-state index contributed by atoms with van der Waals surface area (Å²) in [5, 5.41) is 0. The van der Waals surface area contributed by atoms with Crippen LogP contribution in [-0.4, -0.2) is 12.6 Å². The molecule has 0 aliphatic rings. The maximum Gasteiger partial charge on any atom is 0.340 e. The van der Waals surface area contributed by atoms with Crippen LogP contribution in [0.3, 0.4) is 0 Å². The molecule has 0 atom stereocenters. The van der Waals surface area contributed by atoms with Crippen LogP contribution in [0.4, 0.5) is 0 Å². The van der Waals surface area contributed by atoms with Gasteiger partial charge in [-0.25, -0.2) is 4.79 Å². The SMILES string of the molecule is CCOC(=O)c1c(Br)cccc1I. The van der Waals surface area contributed by atoms with Gasteiger partial charge in [-0.15, -0.1) is 0 Å². The first-order chi connectivity index (χ1) is 6.16. The molecule has 0 aliphatic carbocycles. The van der Waals surface area contributed by atoms with Crippen molar-refractivity contribution in [3.63, 3.8) is 0 Å². The highest BCUT2D eigenvalue weighted by molar-refractivity contribution is 14.1. The Balaban J connectivity index is 3.05. The molecular formula is C9H8BrIO2. The third-order valence-electron chi connectivity index (χ3n) is 1.44. The van der Waals surface area contributed by atoms with E-state index >= 15 is 0 Å². The van der Waals surface area contributed by atoms with Gasteiger partial charge in [0.25, 0.3) is 0 Å². The molecule has 0 N–H and O–H groups in total. The van der Waals surface area contributed by atoms with Crippen molar-refractivity contribution >= 4 is 44.5 Å². The number of carbonyl (C=O) groups excluding carboxylic acids is 1. The van der Waals surface area contributed by atoms with Crippen molar-refractivity contribution < 1.29 is 9.53 Å². The van der Waals surface area contributed by atoms with Gasteiger partial charge in [0, 0.05) is 8.04 Å². The number of hydrogen-bond acceptors (Lipinski definition) is 2. The van der Waals surface area contributed by atoms with E-state index in [0.29, 0.717) is 12.2 Å². The minimum absolute atomic E-state index is 0.278. The molecule has 0 radical (unpaired) electrons. The molecule has 0 amide bonds. The van der Waals surface area contributed by atoms with E-state index < -0.39 is 0 Å². The lowest BCUT2D eigenvalue weighted by atomic mass is 10.2. The molecular weight excluding hydrogens is 347 g/mol. The van der Waals surface area contributed by atoms with Crippen molar-refractivity contribution in [2.24, 2.45) is 0 Å². The molecule has 0 saturated carbocycles. The lowest BCUT2D eigenvalue weighted by Gasteiger charge is -2.05. The first-order valence-corrected chi connectivity index (χ1v) is 5.65. The maximum atomic E-state index is 11.4. The van der Waals surface area contributed by atoms with E-state index in [4.69, 9.17) is 4.74 Å². The van der Waals surface area contributed by atoms with Crippen molar-refractivity contribution in [3.05, 3.63) is 31.8 Å². The van der Waals surface area contributed by atoms with Crippen LogP contribution in [0.25, 0.3) is 0 Å². The van der Waals surface area contributed by atoms with Crippen LogP contribution in [0.1, 0.15) is 17.3 Å². The summed E-state index contributed by atoms with van der Waals surface area (Å²) >= 11 is 5.42. The van der Waals surface area contributed by atoms with Gasteiger partial charge in [-0.1, -0.05) is 6.07 Å². The molecule has 70 valence electrons. The van der Waals surface area contributed by atoms with Crippen molar-refractivity contribution in [3.8, 4) is 0 Å². The maximum absolute atomic E-state index is 11.4. The van der Waals surface area contributed by atoms with Gasteiger partial charge in [-0.05, 0) is 57.6 Å². The second-order valence-electron chi connectivity index (χ2n) is 2.32. The standard InChI is InChI=1S/C9H8BrIO2/c1-2-13-9(12)8-6(10)4-3-5-7(8)11/h3-5H,2H2,1H3. The highest BCUT2D eigenvalue weighted by Gasteiger charge is 2.13. The number of benzene rings is 1. The highest BCUT2D eigenvalue weighted by atomic mass is 127. The number of rotatable bonds is 2. The van der Waals surface area contributed by atoms with Crippen molar-refractivity contribution in [1.29, 1.82) is 0 Å². The van der Waals surface area contributed by atoms with Gasteiger partial charge in [0.15, 0.2) is 0 Å². The first kappa shape index (κ1) is 11.0. The second kappa shape index (κ2) is 4.95. The zero-order chi connectivity index (χ0) is 9.84. The van der Waals surface area contributed by atoms with Gasteiger partial charge < -0.3 is 4.74 Å². The van der Waals surface area contributed by atoms with Gasteiger partial charge in [0.2, 0.25) is 0 Å². The summed E-state index contributed by atoms with van der Waals surface area (Å²) < 4.78 is 6.59. The lowest BCUT2D eigenvalue weighted by molar-refractivity contribution is 0.0524. The number of hydrogen-bond donors (Lipinski definition) is 0. The van der Waals surface area contributed by atoms with Crippen LogP contribution >= 0.6 is 38.5 Å². The normalized spacial score (nSPS) is 9.77. The van der Waals surface area contributed by atoms with E-state index in [9.17, 15) is 4.79 Å². The molecule has 0 aliphatic heterocycles. The number of halogens is 2. The van der Waals surface area contributed by atoms with Crippen LogP contribution in [0.15, 0.2) is 22.7 Å². The van der Waals surface area contributed by atoms with Crippen molar-refractivity contribution in [2.75, 3.05) is 6.61 Å². The molecule has 0 unspecified atom stereocenters. The summed E-state index contributed by atoms with van der Waals surface area (Å²) in [6.07, 6.45) is 0. The first-order valence-electron chi connectivity index (χ1n) is 3.78. The average Bonchev–Trinajstić information content (AvgIpc) is 2.04. The molecule has 13 heavy (non-hydrogen) atoms. The van der Waals surface area contributed by atoms with E-state index in [2.05, 4.69) is 38.5 Å².